The fraction of sp³-hybridized carbons (Fsp3) is 0.222. The molecule has 1 fully saturated rings. The molecule has 1 aliphatic rings. The molecule has 0 saturated carbocycles. The highest BCUT2D eigenvalue weighted by atomic mass is 35.5. The molecule has 0 radical (unpaired) electrons. The molecule has 13 heteroatoms. The summed E-state index contributed by atoms with van der Waals surface area (Å²) < 4.78 is 16.8. The second kappa shape index (κ2) is 12.3. The largest absolute Gasteiger partial charge is 0.493 e. The van der Waals surface area contributed by atoms with Crippen LogP contribution >= 0.6 is 11.6 Å². The van der Waals surface area contributed by atoms with Gasteiger partial charge in [-0.3, -0.25) is 0 Å². The Morgan fingerprint density at radius 3 is 2.17 bits per heavy atom. The van der Waals surface area contributed by atoms with Gasteiger partial charge in [0.2, 0.25) is 17.8 Å². The van der Waals surface area contributed by atoms with Gasteiger partial charge in [0.25, 0.3) is 0 Å². The highest BCUT2D eigenvalue weighted by Gasteiger charge is 2.22. The molecular weight excluding hydrogens is 534 g/mol. The van der Waals surface area contributed by atoms with Crippen LogP contribution in [0.2, 0.25) is 5.02 Å². The first-order valence-electron chi connectivity index (χ1n) is 12.4. The quantitative estimate of drug-likeness (QED) is 0.237. The van der Waals surface area contributed by atoms with Crippen LogP contribution in [0, 0.1) is 0 Å². The third-order valence-electron chi connectivity index (χ3n) is 6.01. The molecule has 5 rings (SSSR count). The number of benzene rings is 2. The van der Waals surface area contributed by atoms with Crippen LogP contribution in [-0.2, 0) is 0 Å². The van der Waals surface area contributed by atoms with Gasteiger partial charge in [0.1, 0.15) is 0 Å². The first kappa shape index (κ1) is 26.8. The Morgan fingerprint density at radius 2 is 1.50 bits per heavy atom. The summed E-state index contributed by atoms with van der Waals surface area (Å²) in [4.78, 5) is 26.7. The van der Waals surface area contributed by atoms with E-state index in [0.29, 0.717) is 66.2 Å². The van der Waals surface area contributed by atoms with Crippen LogP contribution in [-0.4, -0.2) is 66.3 Å². The Balaban J connectivity index is 1.43. The maximum atomic E-state index is 6.47. The van der Waals surface area contributed by atoms with Gasteiger partial charge in [-0.05, 0) is 18.2 Å². The second-order valence-corrected chi connectivity index (χ2v) is 9.02. The number of anilines is 3. The van der Waals surface area contributed by atoms with Crippen molar-refractivity contribution < 1.29 is 14.2 Å². The number of nitrogens with two attached hydrogens (primary N) is 1. The van der Waals surface area contributed by atoms with Gasteiger partial charge in [0, 0.05) is 62.5 Å². The number of ether oxygens (including phenoxy) is 3. The van der Waals surface area contributed by atoms with E-state index in [1.54, 1.807) is 36.7 Å². The second-order valence-electron chi connectivity index (χ2n) is 8.62. The predicted octanol–water partition coefficient (Wildman–Crippen LogP) is 4.11. The van der Waals surface area contributed by atoms with E-state index in [4.69, 9.17) is 31.5 Å². The van der Waals surface area contributed by atoms with Gasteiger partial charge < -0.3 is 35.1 Å². The van der Waals surface area contributed by atoms with Crippen molar-refractivity contribution in [3.8, 4) is 23.1 Å². The number of nitrogens with one attached hydrogen (secondary N) is 1. The molecule has 0 amide bonds. The van der Waals surface area contributed by atoms with Crippen molar-refractivity contribution in [3.63, 3.8) is 0 Å². The Hall–Kier alpha value is -4.84. The lowest BCUT2D eigenvalue weighted by Crippen LogP contribution is -2.47. The summed E-state index contributed by atoms with van der Waals surface area (Å²) in [5.41, 5.74) is 6.99. The zero-order chi connectivity index (χ0) is 27.9. The average Bonchev–Trinajstić information content (AvgIpc) is 2.99. The lowest BCUT2D eigenvalue weighted by molar-refractivity contribution is 0.351. The number of aliphatic imine (C=N–C) groups is 1. The lowest BCUT2D eigenvalue weighted by Gasteiger charge is -2.34. The fourth-order valence-corrected chi connectivity index (χ4v) is 4.25. The molecule has 206 valence electrons. The van der Waals surface area contributed by atoms with Crippen LogP contribution in [0.3, 0.4) is 0 Å². The number of rotatable bonds is 8. The molecule has 2 aromatic heterocycles. The van der Waals surface area contributed by atoms with Gasteiger partial charge >= 0.3 is 0 Å². The van der Waals surface area contributed by atoms with Crippen LogP contribution in [0.5, 0.6) is 23.1 Å². The molecule has 0 spiro atoms. The summed E-state index contributed by atoms with van der Waals surface area (Å²) in [6, 6.07) is 16.1. The Labute approximate surface area is 236 Å². The number of methoxy groups -OCH3 is 2. The van der Waals surface area contributed by atoms with E-state index in [9.17, 15) is 0 Å². The van der Waals surface area contributed by atoms with Crippen molar-refractivity contribution in [1.29, 1.82) is 0 Å². The summed E-state index contributed by atoms with van der Waals surface area (Å²) in [6.45, 7) is 2.66. The minimum atomic E-state index is 0.164. The van der Waals surface area contributed by atoms with Crippen LogP contribution in [0.1, 0.15) is 0 Å². The molecule has 1 saturated heterocycles. The van der Waals surface area contributed by atoms with Gasteiger partial charge in [0.15, 0.2) is 29.0 Å². The number of hydrogen-bond acceptors (Lipinski definition) is 10. The number of nitrogens with zero attached hydrogens (tertiary/aromatic N) is 7. The van der Waals surface area contributed by atoms with E-state index in [2.05, 4.69) is 35.1 Å². The fourth-order valence-electron chi connectivity index (χ4n) is 4.06. The van der Waals surface area contributed by atoms with Gasteiger partial charge in [0.05, 0.1) is 19.2 Å². The minimum absolute atomic E-state index is 0.164. The number of para-hydroxylation sites is 1. The molecule has 0 unspecified atom stereocenters. The number of guanidine groups is 1. The maximum absolute atomic E-state index is 6.47. The van der Waals surface area contributed by atoms with E-state index < -0.39 is 0 Å². The van der Waals surface area contributed by atoms with Gasteiger partial charge in [-0.2, -0.15) is 15.0 Å². The molecule has 0 aliphatic carbocycles. The standard InChI is InChI=1S/C27H28ClN9O3/c1-38-21-15-19(28)20(16-22(21)39-2)40-24-17-23(33-25(29)32-18-7-4-3-5-8-18)34-27(35-24)37-13-11-36(12-14-37)26-30-9-6-10-31-26/h3-10,15-17H,11-14H2,1-2H3,(H3,29,32,33,34,35). The zero-order valence-corrected chi connectivity index (χ0v) is 22.7. The molecule has 4 aromatic rings. The number of piperazine rings is 1. The Bertz CT molecular complexity index is 1470. The van der Waals surface area contributed by atoms with Crippen LogP contribution < -0.4 is 35.1 Å². The normalized spacial score (nSPS) is 13.6. The third-order valence-corrected chi connectivity index (χ3v) is 6.30. The molecular formula is C27H28ClN9O3. The van der Waals surface area contributed by atoms with Crippen molar-refractivity contribution in [1.82, 2.24) is 19.9 Å². The smallest absolute Gasteiger partial charge is 0.230 e. The monoisotopic (exact) mass is 561 g/mol. The van der Waals surface area contributed by atoms with Crippen molar-refractivity contribution in [2.75, 3.05) is 55.5 Å². The topological polar surface area (TPSA) is 136 Å². The molecule has 0 bridgehead atoms. The molecule has 1 aliphatic heterocycles. The van der Waals surface area contributed by atoms with Crippen molar-refractivity contribution >= 4 is 41.0 Å². The molecule has 3 heterocycles. The number of aromatic nitrogens is 4. The van der Waals surface area contributed by atoms with Crippen molar-refractivity contribution in [2.24, 2.45) is 10.7 Å². The van der Waals surface area contributed by atoms with E-state index >= 15 is 0 Å². The van der Waals surface area contributed by atoms with Gasteiger partial charge in [-0.1, -0.05) is 29.8 Å². The van der Waals surface area contributed by atoms with Crippen molar-refractivity contribution in [2.45, 2.75) is 0 Å². The molecule has 2 aromatic carbocycles. The zero-order valence-electron chi connectivity index (χ0n) is 22.0. The van der Waals surface area contributed by atoms with Crippen LogP contribution in [0.4, 0.5) is 23.4 Å². The SMILES string of the molecule is COc1cc(Cl)c(Oc2cc(/N=C(/N)Nc3ccccc3)nc(N3CCN(c4ncccn4)CC3)n2)cc1OC. The molecule has 40 heavy (non-hydrogen) atoms. The average molecular weight is 562 g/mol. The van der Waals surface area contributed by atoms with E-state index in [1.807, 2.05) is 35.2 Å². The first-order chi connectivity index (χ1) is 19.5. The molecule has 12 nitrogen and oxygen atoms in total. The van der Waals surface area contributed by atoms with Crippen LogP contribution in [0.25, 0.3) is 0 Å². The summed E-state index contributed by atoms with van der Waals surface area (Å²) in [5, 5.41) is 3.38. The number of hydrogen-bond donors (Lipinski definition) is 2. The van der Waals surface area contributed by atoms with Gasteiger partial charge in [-0.15, -0.1) is 0 Å². The first-order valence-corrected chi connectivity index (χ1v) is 12.8. The van der Waals surface area contributed by atoms with E-state index in [0.717, 1.165) is 5.69 Å². The maximum Gasteiger partial charge on any atom is 0.230 e. The van der Waals surface area contributed by atoms with Crippen molar-refractivity contribution in [3.05, 3.63) is 72.0 Å². The summed E-state index contributed by atoms with van der Waals surface area (Å²) in [6.07, 6.45) is 3.46. The lowest BCUT2D eigenvalue weighted by atomic mass is 10.3. The van der Waals surface area contributed by atoms with E-state index in [-0.39, 0.29) is 11.8 Å². The summed E-state index contributed by atoms with van der Waals surface area (Å²) >= 11 is 6.47. The van der Waals surface area contributed by atoms with Crippen LogP contribution in [0.15, 0.2) is 72.0 Å². The predicted molar refractivity (Wildman–Crippen MR) is 154 cm³/mol. The highest BCUT2D eigenvalue weighted by Crippen LogP contribution is 2.39. The minimum Gasteiger partial charge on any atom is -0.493 e. The Kier molecular flexibility index (Phi) is 8.26. The Morgan fingerprint density at radius 1 is 0.850 bits per heavy atom. The van der Waals surface area contributed by atoms with E-state index in [1.165, 1.54) is 14.2 Å². The number of halogens is 1. The summed E-state index contributed by atoms with van der Waals surface area (Å²) in [5.74, 6) is 3.11. The highest BCUT2D eigenvalue weighted by molar-refractivity contribution is 6.32. The molecule has 0 atom stereocenters. The van der Waals surface area contributed by atoms with Gasteiger partial charge in [-0.25, -0.2) is 9.97 Å². The summed E-state index contributed by atoms with van der Waals surface area (Å²) in [7, 11) is 3.07. The molecule has 3 N–H and O–H groups in total. The third kappa shape index (κ3) is 6.41.